The fourth-order valence-electron chi connectivity index (χ4n) is 0.391. The number of methoxy groups -OCH3 is 1. The third kappa shape index (κ3) is 2.95. The summed E-state index contributed by atoms with van der Waals surface area (Å²) in [4.78, 5) is 7.53. The highest BCUT2D eigenvalue weighted by Crippen LogP contribution is 1.92. The molecule has 0 amide bonds. The standard InChI is InChI=1S/C5H6N2O.H4N2/c1-8-5-6-3-2-4-7-5;1-2/h2-4H,1H3;1-2H2. The van der Waals surface area contributed by atoms with Crippen LogP contribution in [0.5, 0.6) is 6.01 Å². The van der Waals surface area contributed by atoms with Gasteiger partial charge in [-0.2, -0.15) is 0 Å². The smallest absolute Gasteiger partial charge is 0.315 e. The molecule has 5 heteroatoms. The van der Waals surface area contributed by atoms with Crippen LogP contribution < -0.4 is 16.4 Å². The summed E-state index contributed by atoms with van der Waals surface area (Å²) in [7, 11) is 1.54. The van der Waals surface area contributed by atoms with E-state index in [1.807, 2.05) is 0 Å². The van der Waals surface area contributed by atoms with Crippen molar-refractivity contribution in [2.75, 3.05) is 7.11 Å². The van der Waals surface area contributed by atoms with E-state index in [2.05, 4.69) is 21.7 Å². The molecule has 0 aliphatic heterocycles. The minimum absolute atomic E-state index is 0.410. The van der Waals surface area contributed by atoms with Gasteiger partial charge < -0.3 is 4.74 Å². The highest BCUT2D eigenvalue weighted by Gasteiger charge is 1.84. The maximum absolute atomic E-state index is 4.69. The molecule has 0 aliphatic rings. The Morgan fingerprint density at radius 3 is 2.10 bits per heavy atom. The predicted octanol–water partition coefficient (Wildman–Crippen LogP) is -0.696. The molecule has 0 bridgehead atoms. The zero-order valence-corrected chi connectivity index (χ0v) is 5.69. The number of hydrogen-bond acceptors (Lipinski definition) is 5. The van der Waals surface area contributed by atoms with Crippen molar-refractivity contribution in [3.8, 4) is 6.01 Å². The zero-order valence-electron chi connectivity index (χ0n) is 5.69. The highest BCUT2D eigenvalue weighted by molar-refractivity contribution is 4.92. The first-order valence-electron chi connectivity index (χ1n) is 2.58. The van der Waals surface area contributed by atoms with E-state index in [9.17, 15) is 0 Å². The molecule has 10 heavy (non-hydrogen) atoms. The first-order valence-corrected chi connectivity index (χ1v) is 2.58. The van der Waals surface area contributed by atoms with E-state index < -0.39 is 0 Å². The summed E-state index contributed by atoms with van der Waals surface area (Å²) in [5.41, 5.74) is 0. The van der Waals surface area contributed by atoms with Crippen LogP contribution in [0.15, 0.2) is 18.5 Å². The van der Waals surface area contributed by atoms with Gasteiger partial charge in [0.05, 0.1) is 7.11 Å². The lowest BCUT2D eigenvalue weighted by molar-refractivity contribution is 0.379. The van der Waals surface area contributed by atoms with Gasteiger partial charge >= 0.3 is 6.01 Å². The molecular weight excluding hydrogens is 132 g/mol. The number of nitrogens with two attached hydrogens (primary N) is 2. The Bertz CT molecular complexity index is 155. The van der Waals surface area contributed by atoms with E-state index in [0.29, 0.717) is 6.01 Å². The second-order valence-corrected chi connectivity index (χ2v) is 1.24. The SMILES string of the molecule is COc1ncccn1.NN. The van der Waals surface area contributed by atoms with Crippen molar-refractivity contribution in [1.82, 2.24) is 9.97 Å². The number of hydrazine groups is 1. The van der Waals surface area contributed by atoms with Gasteiger partial charge in [0.2, 0.25) is 0 Å². The molecule has 0 saturated heterocycles. The molecule has 0 atom stereocenters. The molecule has 5 nitrogen and oxygen atoms in total. The molecule has 0 radical (unpaired) electrons. The number of nitrogens with zero attached hydrogens (tertiary/aromatic N) is 2. The Hall–Kier alpha value is -1.20. The van der Waals surface area contributed by atoms with E-state index in [1.165, 1.54) is 7.11 Å². The molecule has 4 N–H and O–H groups in total. The fraction of sp³-hybridized carbons (Fsp3) is 0.200. The van der Waals surface area contributed by atoms with Crippen molar-refractivity contribution in [2.24, 2.45) is 11.7 Å². The average Bonchev–Trinajstić information content (AvgIpc) is 2.10. The average molecular weight is 142 g/mol. The molecule has 56 valence electrons. The van der Waals surface area contributed by atoms with Crippen molar-refractivity contribution < 1.29 is 4.74 Å². The molecule has 1 aromatic rings. The van der Waals surface area contributed by atoms with Gasteiger partial charge in [-0.3, -0.25) is 11.7 Å². The minimum atomic E-state index is 0.410. The van der Waals surface area contributed by atoms with Gasteiger partial charge in [-0.1, -0.05) is 0 Å². The van der Waals surface area contributed by atoms with Crippen LogP contribution in [0, 0.1) is 0 Å². The Morgan fingerprint density at radius 2 is 1.80 bits per heavy atom. The number of aromatic nitrogens is 2. The van der Waals surface area contributed by atoms with Crippen LogP contribution in [0.4, 0.5) is 0 Å². The summed E-state index contributed by atoms with van der Waals surface area (Å²) < 4.78 is 4.69. The van der Waals surface area contributed by atoms with Gasteiger partial charge in [0.15, 0.2) is 0 Å². The molecule has 0 fully saturated rings. The Balaban J connectivity index is 0.000000371. The van der Waals surface area contributed by atoms with Gasteiger partial charge in [0, 0.05) is 12.4 Å². The van der Waals surface area contributed by atoms with Gasteiger partial charge in [0.1, 0.15) is 0 Å². The lowest BCUT2D eigenvalue weighted by Gasteiger charge is -1.90. The van der Waals surface area contributed by atoms with Crippen LogP contribution >= 0.6 is 0 Å². The number of hydrogen-bond donors (Lipinski definition) is 2. The Kier molecular flexibility index (Phi) is 5.22. The van der Waals surface area contributed by atoms with E-state index >= 15 is 0 Å². The number of rotatable bonds is 1. The maximum Gasteiger partial charge on any atom is 0.315 e. The van der Waals surface area contributed by atoms with Gasteiger partial charge in [-0.05, 0) is 6.07 Å². The lowest BCUT2D eigenvalue weighted by Crippen LogP contribution is -2.02. The summed E-state index contributed by atoms with van der Waals surface area (Å²) in [5, 5.41) is 0. The summed E-state index contributed by atoms with van der Waals surface area (Å²) in [6.07, 6.45) is 3.26. The quantitative estimate of drug-likeness (QED) is 0.400. The van der Waals surface area contributed by atoms with Crippen LogP contribution in [0.3, 0.4) is 0 Å². The highest BCUT2D eigenvalue weighted by atomic mass is 16.5. The molecule has 0 aromatic carbocycles. The van der Waals surface area contributed by atoms with Gasteiger partial charge in [-0.25, -0.2) is 9.97 Å². The van der Waals surface area contributed by atoms with Crippen LogP contribution in [-0.4, -0.2) is 17.1 Å². The van der Waals surface area contributed by atoms with Crippen molar-refractivity contribution in [3.63, 3.8) is 0 Å². The maximum atomic E-state index is 4.69. The van der Waals surface area contributed by atoms with E-state index in [1.54, 1.807) is 18.5 Å². The van der Waals surface area contributed by atoms with Gasteiger partial charge in [-0.15, -0.1) is 0 Å². The van der Waals surface area contributed by atoms with Crippen molar-refractivity contribution in [2.45, 2.75) is 0 Å². The zero-order chi connectivity index (χ0) is 7.82. The molecule has 1 heterocycles. The van der Waals surface area contributed by atoms with E-state index in [0.717, 1.165) is 0 Å². The van der Waals surface area contributed by atoms with Crippen molar-refractivity contribution in [1.29, 1.82) is 0 Å². The molecule has 0 aliphatic carbocycles. The topological polar surface area (TPSA) is 87.0 Å². The monoisotopic (exact) mass is 142 g/mol. The van der Waals surface area contributed by atoms with E-state index in [4.69, 9.17) is 4.74 Å². The molecule has 1 rings (SSSR count). The van der Waals surface area contributed by atoms with E-state index in [-0.39, 0.29) is 0 Å². The minimum Gasteiger partial charge on any atom is -0.467 e. The Morgan fingerprint density at radius 1 is 1.30 bits per heavy atom. The Labute approximate surface area is 59.0 Å². The van der Waals surface area contributed by atoms with Crippen LogP contribution in [0.2, 0.25) is 0 Å². The van der Waals surface area contributed by atoms with Crippen LogP contribution in [0.25, 0.3) is 0 Å². The van der Waals surface area contributed by atoms with Gasteiger partial charge in [0.25, 0.3) is 0 Å². The van der Waals surface area contributed by atoms with Crippen LogP contribution in [-0.2, 0) is 0 Å². The second kappa shape index (κ2) is 5.93. The van der Waals surface area contributed by atoms with Crippen molar-refractivity contribution in [3.05, 3.63) is 18.5 Å². The summed E-state index contributed by atoms with van der Waals surface area (Å²) in [5.74, 6) is 8.00. The predicted molar refractivity (Wildman–Crippen MR) is 37.0 cm³/mol. The first kappa shape index (κ1) is 8.80. The molecular formula is C5H10N4O. The fourth-order valence-corrected chi connectivity index (χ4v) is 0.391. The molecule has 1 aromatic heterocycles. The molecule has 0 spiro atoms. The summed E-state index contributed by atoms with van der Waals surface area (Å²) in [6.45, 7) is 0. The second-order valence-electron chi connectivity index (χ2n) is 1.24. The normalized spacial score (nSPS) is 7.50. The molecule has 0 saturated carbocycles. The largest absolute Gasteiger partial charge is 0.467 e. The summed E-state index contributed by atoms with van der Waals surface area (Å²) in [6, 6.07) is 2.15. The third-order valence-electron chi connectivity index (χ3n) is 0.725. The van der Waals surface area contributed by atoms with Crippen molar-refractivity contribution >= 4 is 0 Å². The van der Waals surface area contributed by atoms with Crippen LogP contribution in [0.1, 0.15) is 0 Å². The number of ether oxygens (including phenoxy) is 1. The molecule has 0 unspecified atom stereocenters. The first-order chi connectivity index (χ1) is 4.93. The summed E-state index contributed by atoms with van der Waals surface area (Å²) >= 11 is 0. The third-order valence-corrected chi connectivity index (χ3v) is 0.725. The lowest BCUT2D eigenvalue weighted by atomic mass is 10.7.